The van der Waals surface area contributed by atoms with Crippen LogP contribution in [0.4, 0.5) is 5.13 Å². The van der Waals surface area contributed by atoms with E-state index in [1.807, 2.05) is 0 Å². The molecule has 2 aromatic rings. The highest BCUT2D eigenvalue weighted by Crippen LogP contribution is 2.36. The molecule has 3 nitrogen and oxygen atoms in total. The Bertz CT molecular complexity index is 535. The van der Waals surface area contributed by atoms with Gasteiger partial charge in [-0.15, -0.1) is 0 Å². The number of fused-ring (bicyclic) bond motifs is 1. The molecular weight excluding hydrogens is 242 g/mol. The van der Waals surface area contributed by atoms with Gasteiger partial charge in [0.25, 0.3) is 0 Å². The quantitative estimate of drug-likeness (QED) is 0.917. The molecular formula is C14H17N3S. The van der Waals surface area contributed by atoms with Crippen LogP contribution in [0.25, 0.3) is 0 Å². The Kier molecular flexibility index (Phi) is 3.28. The van der Waals surface area contributed by atoms with E-state index in [1.54, 1.807) is 0 Å². The highest BCUT2D eigenvalue weighted by Gasteiger charge is 2.24. The summed E-state index contributed by atoms with van der Waals surface area (Å²) in [5.74, 6) is 1.38. The van der Waals surface area contributed by atoms with Gasteiger partial charge in [-0.1, -0.05) is 24.3 Å². The molecule has 1 unspecified atom stereocenters. The van der Waals surface area contributed by atoms with E-state index in [-0.39, 0.29) is 0 Å². The highest BCUT2D eigenvalue weighted by atomic mass is 32.1. The lowest BCUT2D eigenvalue weighted by Gasteiger charge is -2.23. The van der Waals surface area contributed by atoms with Crippen LogP contribution in [0.3, 0.4) is 0 Å². The molecule has 4 heteroatoms. The van der Waals surface area contributed by atoms with Crippen molar-refractivity contribution in [3.8, 4) is 0 Å². The predicted octanol–water partition coefficient (Wildman–Crippen LogP) is 3.44. The molecule has 0 spiro atoms. The van der Waals surface area contributed by atoms with Gasteiger partial charge in [0.05, 0.1) is 0 Å². The molecule has 1 aromatic heterocycles. The third-order valence-corrected chi connectivity index (χ3v) is 4.14. The number of benzene rings is 1. The van der Waals surface area contributed by atoms with Crippen LogP contribution in [0.15, 0.2) is 24.3 Å². The van der Waals surface area contributed by atoms with Gasteiger partial charge in [-0.3, -0.25) is 0 Å². The van der Waals surface area contributed by atoms with Gasteiger partial charge in [0.1, 0.15) is 0 Å². The summed E-state index contributed by atoms with van der Waals surface area (Å²) >= 11 is 1.47. The number of rotatable bonds is 3. The van der Waals surface area contributed by atoms with Crippen LogP contribution in [0.5, 0.6) is 0 Å². The summed E-state index contributed by atoms with van der Waals surface area (Å²) in [5.41, 5.74) is 2.89. The fraction of sp³-hybridized carbons (Fsp3) is 0.429. The molecule has 0 saturated carbocycles. The van der Waals surface area contributed by atoms with Crippen molar-refractivity contribution in [3.63, 3.8) is 0 Å². The van der Waals surface area contributed by atoms with Gasteiger partial charge in [-0.05, 0) is 37.3 Å². The lowest BCUT2D eigenvalue weighted by atomic mass is 9.82. The fourth-order valence-electron chi connectivity index (χ4n) is 2.62. The largest absolute Gasteiger partial charge is 0.361 e. The van der Waals surface area contributed by atoms with Crippen LogP contribution in [-0.4, -0.2) is 15.9 Å². The van der Waals surface area contributed by atoms with Gasteiger partial charge < -0.3 is 5.32 Å². The first-order chi connectivity index (χ1) is 8.88. The molecule has 0 fully saturated rings. The smallest absolute Gasteiger partial charge is 0.202 e. The number of hydrogen-bond acceptors (Lipinski definition) is 4. The van der Waals surface area contributed by atoms with Gasteiger partial charge in [0.2, 0.25) is 5.13 Å². The maximum atomic E-state index is 4.62. The van der Waals surface area contributed by atoms with Gasteiger partial charge in [-0.25, -0.2) is 4.98 Å². The van der Waals surface area contributed by atoms with Gasteiger partial charge in [-0.2, -0.15) is 4.37 Å². The zero-order chi connectivity index (χ0) is 12.4. The third kappa shape index (κ3) is 2.12. The van der Waals surface area contributed by atoms with Crippen LogP contribution in [-0.2, 0) is 6.42 Å². The summed E-state index contributed by atoms with van der Waals surface area (Å²) < 4.78 is 4.53. The predicted molar refractivity (Wildman–Crippen MR) is 75.3 cm³/mol. The molecule has 0 aliphatic heterocycles. The molecule has 1 heterocycles. The van der Waals surface area contributed by atoms with Crippen LogP contribution in [0, 0.1) is 0 Å². The van der Waals surface area contributed by atoms with E-state index in [9.17, 15) is 0 Å². The molecule has 0 radical (unpaired) electrons. The Labute approximate surface area is 111 Å². The van der Waals surface area contributed by atoms with E-state index in [0.29, 0.717) is 5.92 Å². The molecule has 1 N–H and O–H groups in total. The zero-order valence-corrected chi connectivity index (χ0v) is 11.3. The summed E-state index contributed by atoms with van der Waals surface area (Å²) in [6.07, 6.45) is 3.59. The summed E-state index contributed by atoms with van der Waals surface area (Å²) in [4.78, 5) is 4.62. The Morgan fingerprint density at radius 1 is 1.39 bits per heavy atom. The van der Waals surface area contributed by atoms with E-state index in [2.05, 4.69) is 45.9 Å². The van der Waals surface area contributed by atoms with Crippen LogP contribution in [0.2, 0.25) is 0 Å². The molecule has 1 aromatic carbocycles. The number of hydrogen-bond donors (Lipinski definition) is 1. The van der Waals surface area contributed by atoms with Crippen molar-refractivity contribution < 1.29 is 0 Å². The summed E-state index contributed by atoms with van der Waals surface area (Å²) in [6, 6.07) is 8.71. The van der Waals surface area contributed by atoms with Gasteiger partial charge in [0, 0.05) is 24.0 Å². The first-order valence-corrected chi connectivity index (χ1v) is 7.31. The SMILES string of the molecule is CCNc1nc(C2CCCc3ccccc32)ns1. The molecule has 0 saturated heterocycles. The van der Waals surface area contributed by atoms with E-state index >= 15 is 0 Å². The van der Waals surface area contributed by atoms with E-state index < -0.39 is 0 Å². The molecule has 0 amide bonds. The lowest BCUT2D eigenvalue weighted by Crippen LogP contribution is -2.12. The zero-order valence-electron chi connectivity index (χ0n) is 10.5. The number of nitrogens with one attached hydrogen (secondary N) is 1. The molecule has 1 aliphatic rings. The van der Waals surface area contributed by atoms with Gasteiger partial charge in [0.15, 0.2) is 5.82 Å². The second-order valence-electron chi connectivity index (χ2n) is 4.63. The topological polar surface area (TPSA) is 37.8 Å². The van der Waals surface area contributed by atoms with Crippen molar-refractivity contribution in [2.24, 2.45) is 0 Å². The Balaban J connectivity index is 1.92. The molecule has 3 rings (SSSR count). The summed E-state index contributed by atoms with van der Waals surface area (Å²) in [6.45, 7) is 2.98. The standard InChI is InChI=1S/C14H17N3S/c1-2-15-14-16-13(17-18-14)12-9-5-7-10-6-3-4-8-11(10)12/h3-4,6,8,12H,2,5,7,9H2,1H3,(H,15,16,17). The second kappa shape index (κ2) is 5.06. The van der Waals surface area contributed by atoms with Gasteiger partial charge >= 0.3 is 0 Å². The Morgan fingerprint density at radius 3 is 3.17 bits per heavy atom. The third-order valence-electron chi connectivity index (χ3n) is 3.45. The normalized spacial score (nSPS) is 18.4. The minimum absolute atomic E-state index is 0.388. The van der Waals surface area contributed by atoms with Crippen LogP contribution in [0.1, 0.15) is 42.6 Å². The summed E-state index contributed by atoms with van der Waals surface area (Å²) in [5, 5.41) is 4.18. The van der Waals surface area contributed by atoms with E-state index in [0.717, 1.165) is 17.5 Å². The van der Waals surface area contributed by atoms with Crippen LogP contribution >= 0.6 is 11.5 Å². The first kappa shape index (κ1) is 11.7. The minimum atomic E-state index is 0.388. The second-order valence-corrected chi connectivity index (χ2v) is 5.38. The van der Waals surface area contributed by atoms with Crippen molar-refractivity contribution in [3.05, 3.63) is 41.2 Å². The Morgan fingerprint density at radius 2 is 2.28 bits per heavy atom. The molecule has 94 valence electrons. The van der Waals surface area contributed by atoms with Crippen LogP contribution < -0.4 is 5.32 Å². The number of anilines is 1. The minimum Gasteiger partial charge on any atom is -0.361 e. The van der Waals surface area contributed by atoms with Crippen molar-refractivity contribution >= 4 is 16.7 Å². The molecule has 0 bridgehead atoms. The average Bonchev–Trinajstić information content (AvgIpc) is 2.87. The molecule has 18 heavy (non-hydrogen) atoms. The van der Waals surface area contributed by atoms with Crippen molar-refractivity contribution in [1.29, 1.82) is 0 Å². The lowest BCUT2D eigenvalue weighted by molar-refractivity contribution is 0.596. The first-order valence-electron chi connectivity index (χ1n) is 6.53. The summed E-state index contributed by atoms with van der Waals surface area (Å²) in [7, 11) is 0. The van der Waals surface area contributed by atoms with E-state index in [4.69, 9.17) is 0 Å². The molecule has 1 aliphatic carbocycles. The molecule has 1 atom stereocenters. The van der Waals surface area contributed by atoms with Crippen molar-refractivity contribution in [1.82, 2.24) is 9.36 Å². The average molecular weight is 259 g/mol. The number of aromatic nitrogens is 2. The van der Waals surface area contributed by atoms with Crippen molar-refractivity contribution in [2.45, 2.75) is 32.1 Å². The van der Waals surface area contributed by atoms with Crippen molar-refractivity contribution in [2.75, 3.05) is 11.9 Å². The maximum absolute atomic E-state index is 4.62. The monoisotopic (exact) mass is 259 g/mol. The number of nitrogens with zero attached hydrogens (tertiary/aromatic N) is 2. The maximum Gasteiger partial charge on any atom is 0.202 e. The fourth-order valence-corrected chi connectivity index (χ4v) is 3.31. The van der Waals surface area contributed by atoms with E-state index in [1.165, 1.54) is 41.9 Å². The number of aryl methyl sites for hydroxylation is 1. The highest BCUT2D eigenvalue weighted by molar-refractivity contribution is 7.09. The Hall–Kier alpha value is -1.42.